The fourth-order valence-electron chi connectivity index (χ4n) is 2.26. The first-order valence-electron chi connectivity index (χ1n) is 6.96. The molecule has 0 bridgehead atoms. The number of hydrogen-bond acceptors (Lipinski definition) is 4. The highest BCUT2D eigenvalue weighted by Gasteiger charge is 2.15. The van der Waals surface area contributed by atoms with E-state index in [1.54, 1.807) is 18.9 Å². The third kappa shape index (κ3) is 4.42. The summed E-state index contributed by atoms with van der Waals surface area (Å²) in [5.74, 6) is 1.25. The van der Waals surface area contributed by atoms with Gasteiger partial charge in [0.1, 0.15) is 5.75 Å². The molecule has 2 N–H and O–H groups in total. The van der Waals surface area contributed by atoms with Crippen LogP contribution < -0.4 is 15.4 Å². The minimum Gasteiger partial charge on any atom is -0.495 e. The fraction of sp³-hybridized carbons (Fsp3) is 0.533. The van der Waals surface area contributed by atoms with Crippen LogP contribution >= 0.6 is 11.8 Å². The van der Waals surface area contributed by atoms with Gasteiger partial charge in [-0.15, -0.1) is 11.8 Å². The minimum atomic E-state index is 0.0393. The third-order valence-corrected chi connectivity index (χ3v) is 4.74. The number of nitrogens with one attached hydrogen (secondary N) is 2. The lowest BCUT2D eigenvalue weighted by atomic mass is 10.2. The lowest BCUT2D eigenvalue weighted by Gasteiger charge is -2.21. The van der Waals surface area contributed by atoms with Crippen LogP contribution in [0.1, 0.15) is 18.4 Å². The SMILES string of the molecule is COc1ccc(C)cc1NC(=O)CSC1CCNCC1. The molecule has 0 saturated carbocycles. The van der Waals surface area contributed by atoms with Crippen molar-refractivity contribution in [3.63, 3.8) is 0 Å². The van der Waals surface area contributed by atoms with E-state index in [-0.39, 0.29) is 5.91 Å². The zero-order chi connectivity index (χ0) is 14.4. The van der Waals surface area contributed by atoms with E-state index >= 15 is 0 Å². The van der Waals surface area contributed by atoms with Crippen LogP contribution in [0.4, 0.5) is 5.69 Å². The van der Waals surface area contributed by atoms with Crippen LogP contribution in [-0.2, 0) is 4.79 Å². The van der Waals surface area contributed by atoms with E-state index in [0.717, 1.165) is 37.2 Å². The van der Waals surface area contributed by atoms with Crippen molar-refractivity contribution in [1.82, 2.24) is 5.32 Å². The Morgan fingerprint density at radius 1 is 1.45 bits per heavy atom. The van der Waals surface area contributed by atoms with Gasteiger partial charge < -0.3 is 15.4 Å². The summed E-state index contributed by atoms with van der Waals surface area (Å²) in [6.45, 7) is 4.12. The van der Waals surface area contributed by atoms with Crippen molar-refractivity contribution >= 4 is 23.4 Å². The van der Waals surface area contributed by atoms with Gasteiger partial charge in [-0.3, -0.25) is 4.79 Å². The smallest absolute Gasteiger partial charge is 0.234 e. The number of benzene rings is 1. The Labute approximate surface area is 124 Å². The second-order valence-corrected chi connectivity index (χ2v) is 6.30. The van der Waals surface area contributed by atoms with Gasteiger partial charge in [0.2, 0.25) is 5.91 Å². The first kappa shape index (κ1) is 15.2. The largest absolute Gasteiger partial charge is 0.495 e. The molecule has 1 heterocycles. The predicted molar refractivity (Wildman–Crippen MR) is 84.7 cm³/mol. The van der Waals surface area contributed by atoms with Crippen LogP contribution in [0, 0.1) is 6.92 Å². The topological polar surface area (TPSA) is 50.4 Å². The molecule has 20 heavy (non-hydrogen) atoms. The van der Waals surface area contributed by atoms with E-state index in [0.29, 0.717) is 16.8 Å². The number of thioether (sulfide) groups is 1. The van der Waals surface area contributed by atoms with Gasteiger partial charge in [-0.1, -0.05) is 6.07 Å². The summed E-state index contributed by atoms with van der Waals surface area (Å²) >= 11 is 1.75. The van der Waals surface area contributed by atoms with Crippen LogP contribution in [0.3, 0.4) is 0 Å². The molecule has 0 spiro atoms. The Morgan fingerprint density at radius 3 is 2.90 bits per heavy atom. The number of anilines is 1. The van der Waals surface area contributed by atoms with Crippen LogP contribution in [0.2, 0.25) is 0 Å². The van der Waals surface area contributed by atoms with Gasteiger partial charge in [0.15, 0.2) is 0 Å². The molecule has 2 rings (SSSR count). The highest BCUT2D eigenvalue weighted by Crippen LogP contribution is 2.26. The van der Waals surface area contributed by atoms with Crippen molar-refractivity contribution in [2.24, 2.45) is 0 Å². The molecule has 0 atom stereocenters. The summed E-state index contributed by atoms with van der Waals surface area (Å²) in [5.41, 5.74) is 1.86. The Hall–Kier alpha value is -1.20. The monoisotopic (exact) mass is 294 g/mol. The van der Waals surface area contributed by atoms with E-state index in [2.05, 4.69) is 10.6 Å². The standard InChI is InChI=1S/C15H22N2O2S/c1-11-3-4-14(19-2)13(9-11)17-15(18)10-20-12-5-7-16-8-6-12/h3-4,9,12,16H,5-8,10H2,1-2H3,(H,17,18). The maximum atomic E-state index is 12.0. The molecule has 1 aliphatic heterocycles. The molecule has 0 aliphatic carbocycles. The third-order valence-electron chi connectivity index (χ3n) is 3.37. The van der Waals surface area contributed by atoms with E-state index in [4.69, 9.17) is 4.74 Å². The maximum Gasteiger partial charge on any atom is 0.234 e. The van der Waals surface area contributed by atoms with Gasteiger partial charge in [0.05, 0.1) is 18.6 Å². The second kappa shape index (κ2) is 7.55. The number of carbonyl (C=O) groups excluding carboxylic acids is 1. The van der Waals surface area contributed by atoms with Crippen LogP contribution in [-0.4, -0.2) is 37.1 Å². The Bertz CT molecular complexity index is 459. The fourth-order valence-corrected chi connectivity index (χ4v) is 3.29. The Balaban J connectivity index is 1.86. The average molecular weight is 294 g/mol. The Kier molecular flexibility index (Phi) is 5.73. The van der Waals surface area contributed by atoms with Crippen molar-refractivity contribution in [1.29, 1.82) is 0 Å². The van der Waals surface area contributed by atoms with Gasteiger partial charge >= 0.3 is 0 Å². The number of amides is 1. The second-order valence-electron chi connectivity index (χ2n) is 5.01. The number of piperidine rings is 1. The summed E-state index contributed by atoms with van der Waals surface area (Å²) < 4.78 is 5.27. The summed E-state index contributed by atoms with van der Waals surface area (Å²) in [7, 11) is 1.62. The quantitative estimate of drug-likeness (QED) is 0.876. The molecule has 1 fully saturated rings. The summed E-state index contributed by atoms with van der Waals surface area (Å²) in [4.78, 5) is 12.0. The van der Waals surface area contributed by atoms with Crippen LogP contribution in [0.5, 0.6) is 5.75 Å². The molecular weight excluding hydrogens is 272 g/mol. The van der Waals surface area contributed by atoms with E-state index < -0.39 is 0 Å². The number of aryl methyl sites for hydroxylation is 1. The zero-order valence-electron chi connectivity index (χ0n) is 12.1. The molecule has 110 valence electrons. The molecule has 1 saturated heterocycles. The van der Waals surface area contributed by atoms with E-state index in [1.807, 2.05) is 25.1 Å². The molecule has 1 aliphatic rings. The van der Waals surface area contributed by atoms with Gasteiger partial charge in [-0.05, 0) is 50.6 Å². The molecule has 1 aromatic rings. The highest BCUT2D eigenvalue weighted by atomic mass is 32.2. The molecule has 0 aromatic heterocycles. The van der Waals surface area contributed by atoms with Gasteiger partial charge in [0.25, 0.3) is 0 Å². The highest BCUT2D eigenvalue weighted by molar-refractivity contribution is 8.00. The number of rotatable bonds is 5. The first-order valence-corrected chi connectivity index (χ1v) is 8.00. The van der Waals surface area contributed by atoms with Crippen molar-refractivity contribution < 1.29 is 9.53 Å². The Morgan fingerprint density at radius 2 is 2.20 bits per heavy atom. The molecule has 4 nitrogen and oxygen atoms in total. The number of hydrogen-bond donors (Lipinski definition) is 2. The van der Waals surface area contributed by atoms with Crippen molar-refractivity contribution in [3.05, 3.63) is 23.8 Å². The van der Waals surface area contributed by atoms with Gasteiger partial charge in [-0.25, -0.2) is 0 Å². The maximum absolute atomic E-state index is 12.0. The van der Waals surface area contributed by atoms with Crippen LogP contribution in [0.25, 0.3) is 0 Å². The summed E-state index contributed by atoms with van der Waals surface area (Å²) in [6, 6.07) is 5.79. The van der Waals surface area contributed by atoms with Crippen LogP contribution in [0.15, 0.2) is 18.2 Å². The van der Waals surface area contributed by atoms with Gasteiger partial charge in [-0.2, -0.15) is 0 Å². The molecular formula is C15H22N2O2S. The van der Waals surface area contributed by atoms with Crippen molar-refractivity contribution in [2.75, 3.05) is 31.3 Å². The molecule has 1 aromatic carbocycles. The number of methoxy groups -OCH3 is 1. The first-order chi connectivity index (χ1) is 9.69. The molecule has 0 unspecified atom stereocenters. The minimum absolute atomic E-state index is 0.0393. The summed E-state index contributed by atoms with van der Waals surface area (Å²) in [5, 5.41) is 6.87. The van der Waals surface area contributed by atoms with Crippen molar-refractivity contribution in [3.8, 4) is 5.75 Å². The van der Waals surface area contributed by atoms with E-state index in [9.17, 15) is 4.79 Å². The zero-order valence-corrected chi connectivity index (χ0v) is 12.9. The number of ether oxygens (including phenoxy) is 1. The van der Waals surface area contributed by atoms with Gasteiger partial charge in [0, 0.05) is 5.25 Å². The summed E-state index contributed by atoms with van der Waals surface area (Å²) in [6.07, 6.45) is 2.29. The van der Waals surface area contributed by atoms with E-state index in [1.165, 1.54) is 0 Å². The molecule has 0 radical (unpaired) electrons. The average Bonchev–Trinajstić information content (AvgIpc) is 2.46. The van der Waals surface area contributed by atoms with Crippen molar-refractivity contribution in [2.45, 2.75) is 25.0 Å². The lowest BCUT2D eigenvalue weighted by Crippen LogP contribution is -2.30. The normalized spacial score (nSPS) is 15.9. The number of carbonyl (C=O) groups is 1. The predicted octanol–water partition coefficient (Wildman–Crippen LogP) is 2.43. The lowest BCUT2D eigenvalue weighted by molar-refractivity contribution is -0.113. The molecule has 1 amide bonds. The molecule has 5 heteroatoms.